The predicted octanol–water partition coefficient (Wildman–Crippen LogP) is 5.13. The molecule has 7 heteroatoms. The topological polar surface area (TPSA) is 100 Å². The van der Waals surface area contributed by atoms with Gasteiger partial charge in [-0.25, -0.2) is 4.79 Å². The molecule has 2 amide bonds. The fourth-order valence-corrected chi connectivity index (χ4v) is 4.14. The molecule has 0 aliphatic carbocycles. The summed E-state index contributed by atoms with van der Waals surface area (Å²) >= 11 is 1.45. The fraction of sp³-hybridized carbons (Fsp3) is 0.0833. The van der Waals surface area contributed by atoms with Crippen LogP contribution in [0.4, 0.5) is 10.5 Å². The van der Waals surface area contributed by atoms with Crippen LogP contribution < -0.4 is 21.1 Å². The molecule has 0 bridgehead atoms. The molecule has 4 aromatic rings. The Kier molecular flexibility index (Phi) is 6.14. The van der Waals surface area contributed by atoms with Crippen LogP contribution in [0.5, 0.6) is 5.75 Å². The zero-order chi connectivity index (χ0) is 21.6. The summed E-state index contributed by atoms with van der Waals surface area (Å²) in [6.45, 7) is 0.281. The highest BCUT2D eigenvalue weighted by Gasteiger charge is 2.17. The predicted molar refractivity (Wildman–Crippen MR) is 126 cm³/mol. The van der Waals surface area contributed by atoms with Gasteiger partial charge in [0.25, 0.3) is 0 Å². The summed E-state index contributed by atoms with van der Waals surface area (Å²) in [6, 6.07) is 26.4. The SMILES string of the molecule is N=C(N)c1cc2c(O[C@H](CNC(=O)Nc3ccccc3)c3ccccc3)cccc2s1. The van der Waals surface area contributed by atoms with E-state index in [0.717, 1.165) is 21.3 Å². The number of amides is 2. The third-order valence-corrected chi connectivity index (χ3v) is 5.84. The summed E-state index contributed by atoms with van der Waals surface area (Å²) in [5.74, 6) is 0.714. The number of nitrogen functional groups attached to an aromatic ring is 1. The second kappa shape index (κ2) is 9.32. The average molecular weight is 431 g/mol. The van der Waals surface area contributed by atoms with E-state index in [1.807, 2.05) is 84.9 Å². The summed E-state index contributed by atoms with van der Waals surface area (Å²) in [7, 11) is 0. The van der Waals surface area contributed by atoms with Gasteiger partial charge in [0.15, 0.2) is 0 Å². The van der Waals surface area contributed by atoms with Gasteiger partial charge in [-0.15, -0.1) is 11.3 Å². The van der Waals surface area contributed by atoms with Gasteiger partial charge in [0.1, 0.15) is 17.7 Å². The number of nitrogens with two attached hydrogens (primary N) is 1. The van der Waals surface area contributed by atoms with Crippen LogP contribution in [0.2, 0.25) is 0 Å². The Morgan fingerprint density at radius 1 is 1.00 bits per heavy atom. The van der Waals surface area contributed by atoms with Crippen molar-refractivity contribution in [1.29, 1.82) is 5.41 Å². The highest BCUT2D eigenvalue weighted by Crippen LogP contribution is 2.35. The van der Waals surface area contributed by atoms with Gasteiger partial charge in [0, 0.05) is 15.8 Å². The number of benzene rings is 3. The van der Waals surface area contributed by atoms with Gasteiger partial charge in [0.05, 0.1) is 11.4 Å². The summed E-state index contributed by atoms with van der Waals surface area (Å²) in [6.07, 6.45) is -0.394. The third kappa shape index (κ3) is 5.02. The molecule has 156 valence electrons. The Hall–Kier alpha value is -3.84. The van der Waals surface area contributed by atoms with E-state index in [1.165, 1.54) is 11.3 Å². The van der Waals surface area contributed by atoms with Gasteiger partial charge in [-0.3, -0.25) is 5.41 Å². The van der Waals surface area contributed by atoms with Crippen molar-refractivity contribution < 1.29 is 9.53 Å². The van der Waals surface area contributed by atoms with Crippen LogP contribution in [-0.2, 0) is 0 Å². The Bertz CT molecular complexity index is 1190. The van der Waals surface area contributed by atoms with Gasteiger partial charge >= 0.3 is 6.03 Å². The van der Waals surface area contributed by atoms with Crippen LogP contribution in [-0.4, -0.2) is 18.4 Å². The molecule has 0 spiro atoms. The smallest absolute Gasteiger partial charge is 0.319 e. The minimum absolute atomic E-state index is 0.0333. The average Bonchev–Trinajstić information content (AvgIpc) is 3.24. The quantitative estimate of drug-likeness (QED) is 0.242. The van der Waals surface area contributed by atoms with E-state index in [9.17, 15) is 4.79 Å². The molecular formula is C24H22N4O2S. The number of urea groups is 1. The highest BCUT2D eigenvalue weighted by atomic mass is 32.1. The van der Waals surface area contributed by atoms with Crippen LogP contribution >= 0.6 is 11.3 Å². The lowest BCUT2D eigenvalue weighted by Crippen LogP contribution is -2.34. The van der Waals surface area contributed by atoms with Crippen LogP contribution in [0.1, 0.15) is 16.5 Å². The molecule has 0 radical (unpaired) electrons. The van der Waals surface area contributed by atoms with Crippen LogP contribution in [0.15, 0.2) is 84.9 Å². The molecule has 1 heterocycles. The number of fused-ring (bicyclic) bond motifs is 1. The Labute approximate surface area is 184 Å². The van der Waals surface area contributed by atoms with Crippen molar-refractivity contribution in [2.75, 3.05) is 11.9 Å². The van der Waals surface area contributed by atoms with E-state index < -0.39 is 6.10 Å². The van der Waals surface area contributed by atoms with Crippen molar-refractivity contribution in [2.24, 2.45) is 5.73 Å². The number of thiophene rings is 1. The Morgan fingerprint density at radius 2 is 1.71 bits per heavy atom. The number of amidine groups is 1. The molecule has 0 saturated carbocycles. The zero-order valence-electron chi connectivity index (χ0n) is 16.7. The molecule has 1 atom stereocenters. The van der Waals surface area contributed by atoms with E-state index in [2.05, 4.69) is 10.6 Å². The van der Waals surface area contributed by atoms with Gasteiger partial charge in [-0.1, -0.05) is 54.6 Å². The molecule has 1 aromatic heterocycles. The first-order valence-corrected chi connectivity index (χ1v) is 10.6. The number of carbonyl (C=O) groups excluding carboxylic acids is 1. The summed E-state index contributed by atoms with van der Waals surface area (Å²) in [4.78, 5) is 13.1. The van der Waals surface area contributed by atoms with Crippen LogP contribution in [0.25, 0.3) is 10.1 Å². The lowest BCUT2D eigenvalue weighted by atomic mass is 10.1. The number of para-hydroxylation sites is 1. The van der Waals surface area contributed by atoms with Crippen molar-refractivity contribution in [1.82, 2.24) is 5.32 Å². The third-order valence-electron chi connectivity index (χ3n) is 4.71. The molecule has 3 aromatic carbocycles. The number of nitrogens with one attached hydrogen (secondary N) is 3. The van der Waals surface area contributed by atoms with Crippen molar-refractivity contribution in [3.63, 3.8) is 0 Å². The lowest BCUT2D eigenvalue weighted by Gasteiger charge is -2.21. The van der Waals surface area contributed by atoms with Gasteiger partial charge in [0.2, 0.25) is 0 Å². The van der Waals surface area contributed by atoms with Gasteiger partial charge < -0.3 is 21.1 Å². The van der Waals surface area contributed by atoms with E-state index >= 15 is 0 Å². The van der Waals surface area contributed by atoms with Crippen molar-refractivity contribution in [3.8, 4) is 5.75 Å². The normalized spacial score (nSPS) is 11.6. The first-order chi connectivity index (χ1) is 15.1. The zero-order valence-corrected chi connectivity index (χ0v) is 17.5. The summed E-state index contributed by atoms with van der Waals surface area (Å²) in [5, 5.41) is 14.3. The minimum Gasteiger partial charge on any atom is -0.483 e. The fourth-order valence-electron chi connectivity index (χ4n) is 3.20. The molecule has 5 N–H and O–H groups in total. The van der Waals surface area contributed by atoms with E-state index in [1.54, 1.807) is 0 Å². The largest absolute Gasteiger partial charge is 0.483 e. The molecule has 0 fully saturated rings. The van der Waals surface area contributed by atoms with Crippen molar-refractivity contribution in [2.45, 2.75) is 6.10 Å². The van der Waals surface area contributed by atoms with Crippen molar-refractivity contribution in [3.05, 3.63) is 95.4 Å². The first kappa shape index (κ1) is 20.4. The first-order valence-electron chi connectivity index (χ1n) is 9.78. The van der Waals surface area contributed by atoms with Gasteiger partial charge in [-0.05, 0) is 35.9 Å². The maximum absolute atomic E-state index is 12.4. The summed E-state index contributed by atoms with van der Waals surface area (Å²) < 4.78 is 7.35. The maximum Gasteiger partial charge on any atom is 0.319 e. The number of carbonyl (C=O) groups is 1. The molecule has 6 nitrogen and oxygen atoms in total. The Balaban J connectivity index is 1.54. The van der Waals surface area contributed by atoms with E-state index in [0.29, 0.717) is 10.6 Å². The number of hydrogen-bond donors (Lipinski definition) is 4. The number of rotatable bonds is 7. The molecule has 31 heavy (non-hydrogen) atoms. The molecule has 4 rings (SSSR count). The number of anilines is 1. The molecule has 0 unspecified atom stereocenters. The molecular weight excluding hydrogens is 408 g/mol. The van der Waals surface area contributed by atoms with Gasteiger partial charge in [-0.2, -0.15) is 0 Å². The molecule has 0 aliphatic rings. The van der Waals surface area contributed by atoms with Crippen molar-refractivity contribution >= 4 is 39.0 Å². The second-order valence-corrected chi connectivity index (χ2v) is 7.99. The minimum atomic E-state index is -0.394. The highest BCUT2D eigenvalue weighted by molar-refractivity contribution is 7.20. The van der Waals surface area contributed by atoms with Crippen LogP contribution in [0, 0.1) is 5.41 Å². The standard InChI is InChI=1S/C24H22N4O2S/c25-23(26)22-14-18-19(12-7-13-21(18)31-22)30-20(16-8-3-1-4-9-16)15-27-24(29)28-17-10-5-2-6-11-17/h1-14,20H,15H2,(H3,25,26)(H2,27,28,29)/t20-/m1/s1. The second-order valence-electron chi connectivity index (χ2n) is 6.91. The Morgan fingerprint density at radius 3 is 2.42 bits per heavy atom. The van der Waals surface area contributed by atoms with Crippen LogP contribution in [0.3, 0.4) is 0 Å². The molecule has 0 aliphatic heterocycles. The number of hydrogen-bond acceptors (Lipinski definition) is 4. The van der Waals surface area contributed by atoms with E-state index in [4.69, 9.17) is 15.9 Å². The van der Waals surface area contributed by atoms with E-state index in [-0.39, 0.29) is 18.4 Å². The lowest BCUT2D eigenvalue weighted by molar-refractivity contribution is 0.201. The number of ether oxygens (including phenoxy) is 1. The summed E-state index contributed by atoms with van der Waals surface area (Å²) in [5.41, 5.74) is 7.33. The molecule has 0 saturated heterocycles. The maximum atomic E-state index is 12.4. The monoisotopic (exact) mass is 430 g/mol.